The van der Waals surface area contributed by atoms with Gasteiger partial charge in [-0.25, -0.2) is 0 Å². The molecular weight excluding hydrogens is 244 g/mol. The standard InChI is InChI=1S/C14H18N2OS/c1-3-4-5-10(2)15-11-6-7-13-12(8-11)16-14(17)9-18-13/h3,6-8,10,15H,1,4-5,9H2,2H3,(H,16,17). The maximum absolute atomic E-state index is 11.3. The summed E-state index contributed by atoms with van der Waals surface area (Å²) in [5, 5.41) is 6.33. The summed E-state index contributed by atoms with van der Waals surface area (Å²) in [5.74, 6) is 0.583. The van der Waals surface area contributed by atoms with E-state index in [1.54, 1.807) is 11.8 Å². The van der Waals surface area contributed by atoms with E-state index in [4.69, 9.17) is 0 Å². The van der Waals surface area contributed by atoms with Gasteiger partial charge in [0.1, 0.15) is 0 Å². The largest absolute Gasteiger partial charge is 0.383 e. The van der Waals surface area contributed by atoms with Crippen molar-refractivity contribution in [2.45, 2.75) is 30.7 Å². The second-order valence-corrected chi connectivity index (χ2v) is 5.48. The molecule has 2 N–H and O–H groups in total. The molecule has 4 heteroatoms. The van der Waals surface area contributed by atoms with Crippen LogP contribution in [-0.4, -0.2) is 17.7 Å². The van der Waals surface area contributed by atoms with Gasteiger partial charge in [-0.15, -0.1) is 18.3 Å². The van der Waals surface area contributed by atoms with Crippen LogP contribution in [0.3, 0.4) is 0 Å². The van der Waals surface area contributed by atoms with Gasteiger partial charge >= 0.3 is 0 Å². The Bertz CT molecular complexity index is 459. The minimum Gasteiger partial charge on any atom is -0.383 e. The van der Waals surface area contributed by atoms with E-state index in [9.17, 15) is 4.79 Å². The molecule has 1 amide bonds. The molecule has 1 aliphatic rings. The Balaban J connectivity index is 2.04. The Kier molecular flexibility index (Phi) is 4.31. The monoisotopic (exact) mass is 262 g/mol. The molecule has 0 fully saturated rings. The first-order chi connectivity index (χ1) is 8.69. The van der Waals surface area contributed by atoms with Gasteiger partial charge in [0, 0.05) is 16.6 Å². The fourth-order valence-corrected chi connectivity index (χ4v) is 2.69. The molecule has 0 aromatic heterocycles. The van der Waals surface area contributed by atoms with Crippen LogP contribution >= 0.6 is 11.8 Å². The van der Waals surface area contributed by atoms with E-state index in [0.717, 1.165) is 29.1 Å². The van der Waals surface area contributed by atoms with Crippen molar-refractivity contribution in [3.05, 3.63) is 30.9 Å². The molecule has 1 atom stereocenters. The topological polar surface area (TPSA) is 41.1 Å². The first-order valence-electron chi connectivity index (χ1n) is 6.13. The number of amides is 1. The number of rotatable bonds is 5. The average Bonchev–Trinajstić information content (AvgIpc) is 2.36. The van der Waals surface area contributed by atoms with Crippen molar-refractivity contribution in [3.8, 4) is 0 Å². The molecular formula is C14H18N2OS. The van der Waals surface area contributed by atoms with E-state index in [2.05, 4.69) is 36.3 Å². The molecule has 0 saturated carbocycles. The first kappa shape index (κ1) is 13.0. The summed E-state index contributed by atoms with van der Waals surface area (Å²) in [6, 6.07) is 6.52. The van der Waals surface area contributed by atoms with Crippen molar-refractivity contribution >= 4 is 29.0 Å². The van der Waals surface area contributed by atoms with Gasteiger partial charge in [0.25, 0.3) is 0 Å². The summed E-state index contributed by atoms with van der Waals surface area (Å²) >= 11 is 1.59. The number of hydrogen-bond donors (Lipinski definition) is 2. The molecule has 3 nitrogen and oxygen atoms in total. The molecule has 0 radical (unpaired) electrons. The highest BCUT2D eigenvalue weighted by Crippen LogP contribution is 2.33. The van der Waals surface area contributed by atoms with Gasteiger partial charge in [-0.1, -0.05) is 6.08 Å². The third-order valence-electron chi connectivity index (χ3n) is 2.83. The Labute approximate surface area is 112 Å². The van der Waals surface area contributed by atoms with Crippen LogP contribution in [-0.2, 0) is 4.79 Å². The van der Waals surface area contributed by atoms with Gasteiger partial charge in [-0.2, -0.15) is 0 Å². The van der Waals surface area contributed by atoms with Gasteiger partial charge in [0.2, 0.25) is 5.91 Å². The average molecular weight is 262 g/mol. The lowest BCUT2D eigenvalue weighted by atomic mass is 10.1. The minimum atomic E-state index is 0.0735. The predicted octanol–water partition coefficient (Wildman–Crippen LogP) is 3.50. The summed E-state index contributed by atoms with van der Waals surface area (Å²) in [6.07, 6.45) is 4.00. The molecule has 0 aliphatic carbocycles. The Hall–Kier alpha value is -1.42. The highest BCUT2D eigenvalue weighted by molar-refractivity contribution is 8.00. The van der Waals surface area contributed by atoms with Crippen molar-refractivity contribution in [2.24, 2.45) is 0 Å². The van der Waals surface area contributed by atoms with E-state index in [-0.39, 0.29) is 5.91 Å². The quantitative estimate of drug-likeness (QED) is 0.798. The van der Waals surface area contributed by atoms with Crippen LogP contribution in [0.4, 0.5) is 11.4 Å². The maximum atomic E-state index is 11.3. The van der Waals surface area contributed by atoms with Crippen molar-refractivity contribution < 1.29 is 4.79 Å². The summed E-state index contributed by atoms with van der Waals surface area (Å²) in [4.78, 5) is 12.5. The summed E-state index contributed by atoms with van der Waals surface area (Å²) < 4.78 is 0. The lowest BCUT2D eigenvalue weighted by molar-refractivity contribution is -0.113. The number of allylic oxidation sites excluding steroid dienone is 1. The second kappa shape index (κ2) is 5.96. The molecule has 0 bridgehead atoms. The fourth-order valence-electron chi connectivity index (χ4n) is 1.90. The Morgan fingerprint density at radius 1 is 1.61 bits per heavy atom. The summed E-state index contributed by atoms with van der Waals surface area (Å²) in [6.45, 7) is 5.88. The third-order valence-corrected chi connectivity index (χ3v) is 3.90. The number of anilines is 2. The molecule has 18 heavy (non-hydrogen) atoms. The molecule has 1 heterocycles. The van der Waals surface area contributed by atoms with Crippen LogP contribution in [0.1, 0.15) is 19.8 Å². The lowest BCUT2D eigenvalue weighted by Gasteiger charge is -2.19. The van der Waals surface area contributed by atoms with Gasteiger partial charge in [-0.05, 0) is 38.0 Å². The number of carbonyl (C=O) groups excluding carboxylic acids is 1. The van der Waals surface area contributed by atoms with E-state index in [1.165, 1.54) is 0 Å². The van der Waals surface area contributed by atoms with E-state index >= 15 is 0 Å². The second-order valence-electron chi connectivity index (χ2n) is 4.46. The van der Waals surface area contributed by atoms with Crippen LogP contribution in [0.5, 0.6) is 0 Å². The number of fused-ring (bicyclic) bond motifs is 1. The Morgan fingerprint density at radius 2 is 2.44 bits per heavy atom. The van der Waals surface area contributed by atoms with Crippen molar-refractivity contribution in [2.75, 3.05) is 16.4 Å². The van der Waals surface area contributed by atoms with Crippen molar-refractivity contribution in [1.29, 1.82) is 0 Å². The molecule has 1 aliphatic heterocycles. The molecule has 2 rings (SSSR count). The van der Waals surface area contributed by atoms with Gasteiger partial charge in [-0.3, -0.25) is 4.79 Å². The SMILES string of the molecule is C=CCCC(C)Nc1ccc2c(c1)NC(=O)CS2. The van der Waals surface area contributed by atoms with E-state index in [0.29, 0.717) is 11.8 Å². The molecule has 0 spiro atoms. The fraction of sp³-hybridized carbons (Fsp3) is 0.357. The zero-order valence-electron chi connectivity index (χ0n) is 10.5. The predicted molar refractivity (Wildman–Crippen MR) is 78.3 cm³/mol. The van der Waals surface area contributed by atoms with E-state index < -0.39 is 0 Å². The molecule has 96 valence electrons. The number of nitrogens with one attached hydrogen (secondary N) is 2. The first-order valence-corrected chi connectivity index (χ1v) is 7.11. The zero-order chi connectivity index (χ0) is 13.0. The number of benzene rings is 1. The smallest absolute Gasteiger partial charge is 0.234 e. The lowest BCUT2D eigenvalue weighted by Crippen LogP contribution is -2.19. The van der Waals surface area contributed by atoms with E-state index in [1.807, 2.05) is 12.1 Å². The van der Waals surface area contributed by atoms with Crippen molar-refractivity contribution in [1.82, 2.24) is 0 Å². The zero-order valence-corrected chi connectivity index (χ0v) is 11.3. The number of carbonyl (C=O) groups is 1. The van der Waals surface area contributed by atoms with Crippen LogP contribution in [0.2, 0.25) is 0 Å². The number of thioether (sulfide) groups is 1. The highest BCUT2D eigenvalue weighted by atomic mass is 32.2. The minimum absolute atomic E-state index is 0.0735. The molecule has 1 unspecified atom stereocenters. The van der Waals surface area contributed by atoms with Gasteiger partial charge in [0.15, 0.2) is 0 Å². The highest BCUT2D eigenvalue weighted by Gasteiger charge is 2.15. The van der Waals surface area contributed by atoms with Crippen LogP contribution in [0, 0.1) is 0 Å². The van der Waals surface area contributed by atoms with Crippen LogP contribution < -0.4 is 10.6 Å². The molecule has 1 aromatic carbocycles. The normalized spacial score (nSPS) is 15.5. The number of hydrogen-bond acceptors (Lipinski definition) is 3. The van der Waals surface area contributed by atoms with Gasteiger partial charge < -0.3 is 10.6 Å². The molecule has 0 saturated heterocycles. The van der Waals surface area contributed by atoms with Gasteiger partial charge in [0.05, 0.1) is 11.4 Å². The van der Waals surface area contributed by atoms with Crippen LogP contribution in [0.25, 0.3) is 0 Å². The summed E-state index contributed by atoms with van der Waals surface area (Å²) in [7, 11) is 0. The van der Waals surface area contributed by atoms with Crippen molar-refractivity contribution in [3.63, 3.8) is 0 Å². The maximum Gasteiger partial charge on any atom is 0.234 e. The van der Waals surface area contributed by atoms with Crippen LogP contribution in [0.15, 0.2) is 35.7 Å². The molecule has 1 aromatic rings. The summed E-state index contributed by atoms with van der Waals surface area (Å²) in [5.41, 5.74) is 1.96. The third kappa shape index (κ3) is 3.29. The Morgan fingerprint density at radius 3 is 3.22 bits per heavy atom.